The van der Waals surface area contributed by atoms with Gasteiger partial charge in [0.2, 0.25) is 0 Å². The number of nitrogens with one attached hydrogen (secondary N) is 2. The van der Waals surface area contributed by atoms with E-state index in [0.717, 1.165) is 44.0 Å². The maximum atomic E-state index is 12.4. The minimum atomic E-state index is 0.154. The van der Waals surface area contributed by atoms with Crippen LogP contribution in [-0.2, 0) is 11.2 Å². The number of anilines is 1. The van der Waals surface area contributed by atoms with E-state index < -0.39 is 0 Å². The van der Waals surface area contributed by atoms with Gasteiger partial charge in [-0.25, -0.2) is 0 Å². The second-order valence-corrected chi connectivity index (χ2v) is 7.82. The lowest BCUT2D eigenvalue weighted by atomic mass is 10.1. The Morgan fingerprint density at radius 3 is 2.59 bits per heavy atom. The molecule has 0 bridgehead atoms. The van der Waals surface area contributed by atoms with Crippen LogP contribution in [0.25, 0.3) is 0 Å². The van der Waals surface area contributed by atoms with Crippen LogP contribution in [0.1, 0.15) is 18.9 Å². The number of nitrogens with zero attached hydrogens (tertiary/aromatic N) is 1. The highest BCUT2D eigenvalue weighted by molar-refractivity contribution is 6.30. The molecule has 1 heterocycles. The smallest absolute Gasteiger partial charge is 0.275 e. The minimum absolute atomic E-state index is 0.154. The van der Waals surface area contributed by atoms with Crippen molar-refractivity contribution in [3.63, 3.8) is 0 Å². The number of rotatable bonds is 7. The number of piperazine rings is 1. The highest BCUT2D eigenvalue weighted by atomic mass is 35.5. The van der Waals surface area contributed by atoms with E-state index in [9.17, 15) is 4.79 Å². The van der Waals surface area contributed by atoms with Crippen LogP contribution in [-0.4, -0.2) is 44.7 Å². The first-order chi connectivity index (χ1) is 13.1. The zero-order chi connectivity index (χ0) is 19.1. The Kier molecular flexibility index (Phi) is 7.13. The number of aryl methyl sites for hydroxylation is 1. The molecule has 27 heavy (non-hydrogen) atoms. The predicted octanol–water partition coefficient (Wildman–Crippen LogP) is 2.18. The van der Waals surface area contributed by atoms with Gasteiger partial charge in [0.15, 0.2) is 6.54 Å². The Bertz CT molecular complexity index is 729. The largest absolute Gasteiger partial charge is 0.360 e. The second kappa shape index (κ2) is 9.77. The van der Waals surface area contributed by atoms with Crippen LogP contribution < -0.4 is 15.1 Å². The Balaban J connectivity index is 1.37. The lowest BCUT2D eigenvalue weighted by Crippen LogP contribution is -3.16. The summed E-state index contributed by atoms with van der Waals surface area (Å²) in [7, 11) is 0. The molecule has 4 nitrogen and oxygen atoms in total. The van der Waals surface area contributed by atoms with E-state index in [0.29, 0.717) is 6.54 Å². The molecule has 144 valence electrons. The second-order valence-electron chi connectivity index (χ2n) is 7.39. The Morgan fingerprint density at radius 1 is 1.15 bits per heavy atom. The molecule has 0 saturated carbocycles. The van der Waals surface area contributed by atoms with Gasteiger partial charge in [-0.05, 0) is 43.5 Å². The maximum absolute atomic E-state index is 12.4. The first-order valence-electron chi connectivity index (χ1n) is 9.77. The fourth-order valence-corrected chi connectivity index (χ4v) is 3.77. The molecule has 5 heteroatoms. The monoisotopic (exact) mass is 386 g/mol. The molecule has 2 aromatic carbocycles. The lowest BCUT2D eigenvalue weighted by molar-refractivity contribution is -0.892. The van der Waals surface area contributed by atoms with Crippen LogP contribution in [0.4, 0.5) is 5.69 Å². The number of carbonyl (C=O) groups is 1. The first kappa shape index (κ1) is 19.7. The molecule has 0 unspecified atom stereocenters. The Labute approximate surface area is 167 Å². The predicted molar refractivity (Wildman–Crippen MR) is 112 cm³/mol. The molecule has 2 N–H and O–H groups in total. The Morgan fingerprint density at radius 2 is 1.89 bits per heavy atom. The van der Waals surface area contributed by atoms with E-state index in [2.05, 4.69) is 47.5 Å². The zero-order valence-electron chi connectivity index (χ0n) is 16.0. The number of hydrogen-bond acceptors (Lipinski definition) is 2. The zero-order valence-corrected chi connectivity index (χ0v) is 16.7. The summed E-state index contributed by atoms with van der Waals surface area (Å²) < 4.78 is 0. The average Bonchev–Trinajstić information content (AvgIpc) is 2.68. The van der Waals surface area contributed by atoms with Gasteiger partial charge in [0.25, 0.3) is 5.91 Å². The quantitative estimate of drug-likeness (QED) is 0.765. The molecule has 0 aromatic heterocycles. The fourth-order valence-electron chi connectivity index (χ4n) is 3.58. The van der Waals surface area contributed by atoms with Crippen LogP contribution in [0.3, 0.4) is 0 Å². The maximum Gasteiger partial charge on any atom is 0.275 e. The van der Waals surface area contributed by atoms with Crippen molar-refractivity contribution in [2.24, 2.45) is 0 Å². The van der Waals surface area contributed by atoms with Crippen LogP contribution in [0.2, 0.25) is 5.02 Å². The van der Waals surface area contributed by atoms with E-state index in [1.165, 1.54) is 16.2 Å². The minimum Gasteiger partial charge on any atom is -0.360 e. The van der Waals surface area contributed by atoms with Crippen LogP contribution in [0, 0.1) is 0 Å². The van der Waals surface area contributed by atoms with Gasteiger partial charge >= 0.3 is 0 Å². The molecule has 0 radical (unpaired) electrons. The van der Waals surface area contributed by atoms with E-state index in [1.807, 2.05) is 24.3 Å². The number of hydrogen-bond donors (Lipinski definition) is 2. The fraction of sp³-hybridized carbons (Fsp3) is 0.409. The summed E-state index contributed by atoms with van der Waals surface area (Å²) >= 11 is 6.09. The molecule has 0 aliphatic carbocycles. The lowest BCUT2D eigenvalue weighted by Gasteiger charge is -2.33. The van der Waals surface area contributed by atoms with Gasteiger partial charge in [0.1, 0.15) is 0 Å². The Hall–Kier alpha value is -2.04. The number of halogens is 1. The molecular formula is C22H29ClN3O+. The summed E-state index contributed by atoms with van der Waals surface area (Å²) in [4.78, 5) is 16.1. The molecule has 2 aromatic rings. The van der Waals surface area contributed by atoms with Crippen molar-refractivity contribution in [3.8, 4) is 0 Å². The summed E-state index contributed by atoms with van der Waals surface area (Å²) in [6.45, 7) is 6.49. The molecule has 1 aliphatic heterocycles. The first-order valence-corrected chi connectivity index (χ1v) is 10.2. The molecule has 1 fully saturated rings. The molecule has 1 aliphatic rings. The number of quaternary nitrogens is 1. The van der Waals surface area contributed by atoms with Gasteiger partial charge < -0.3 is 15.1 Å². The van der Waals surface area contributed by atoms with Crippen molar-refractivity contribution < 1.29 is 9.69 Å². The third-order valence-electron chi connectivity index (χ3n) is 5.17. The van der Waals surface area contributed by atoms with E-state index in [1.54, 1.807) is 0 Å². The third-order valence-corrected chi connectivity index (χ3v) is 5.41. The van der Waals surface area contributed by atoms with Crippen LogP contribution in [0.15, 0.2) is 54.6 Å². The highest BCUT2D eigenvalue weighted by Crippen LogP contribution is 2.19. The highest BCUT2D eigenvalue weighted by Gasteiger charge is 2.23. The van der Waals surface area contributed by atoms with Crippen LogP contribution in [0.5, 0.6) is 0 Å². The van der Waals surface area contributed by atoms with Crippen molar-refractivity contribution in [1.29, 1.82) is 0 Å². The van der Waals surface area contributed by atoms with Gasteiger partial charge in [-0.3, -0.25) is 4.79 Å². The number of carbonyl (C=O) groups excluding carboxylic acids is 1. The van der Waals surface area contributed by atoms with Gasteiger partial charge in [-0.2, -0.15) is 0 Å². The topological polar surface area (TPSA) is 36.8 Å². The van der Waals surface area contributed by atoms with Crippen LogP contribution >= 0.6 is 11.6 Å². The SMILES string of the molecule is C[C@H](CCc1ccccc1)NC(=O)C[NH+]1CCN(c2cccc(Cl)c2)CC1. The van der Waals surface area contributed by atoms with E-state index in [4.69, 9.17) is 11.6 Å². The summed E-state index contributed by atoms with van der Waals surface area (Å²) in [5.41, 5.74) is 2.49. The standard InChI is InChI=1S/C22H28ClN3O/c1-18(10-11-19-6-3-2-4-7-19)24-22(27)17-25-12-14-26(15-13-25)21-9-5-8-20(23)16-21/h2-9,16,18H,10-15,17H2,1H3,(H,24,27)/p+1/t18-/m1/s1. The molecule has 3 rings (SSSR count). The van der Waals surface area contributed by atoms with E-state index in [-0.39, 0.29) is 11.9 Å². The molecule has 1 amide bonds. The van der Waals surface area contributed by atoms with Crippen molar-refractivity contribution in [1.82, 2.24) is 5.32 Å². The number of amides is 1. The summed E-state index contributed by atoms with van der Waals surface area (Å²) in [6, 6.07) is 18.6. The van der Waals surface area contributed by atoms with Crippen molar-refractivity contribution in [2.75, 3.05) is 37.6 Å². The van der Waals surface area contributed by atoms with Crippen molar-refractivity contribution in [3.05, 3.63) is 65.2 Å². The third kappa shape index (κ3) is 6.26. The molecule has 0 spiro atoms. The number of benzene rings is 2. The average molecular weight is 387 g/mol. The van der Waals surface area contributed by atoms with Crippen molar-refractivity contribution >= 4 is 23.2 Å². The van der Waals surface area contributed by atoms with Gasteiger partial charge in [-0.15, -0.1) is 0 Å². The summed E-state index contributed by atoms with van der Waals surface area (Å²) in [6.07, 6.45) is 1.96. The van der Waals surface area contributed by atoms with Gasteiger partial charge in [-0.1, -0.05) is 48.0 Å². The van der Waals surface area contributed by atoms with Gasteiger partial charge in [0, 0.05) is 16.8 Å². The molecule has 1 saturated heterocycles. The summed E-state index contributed by atoms with van der Waals surface area (Å²) in [5.74, 6) is 0.154. The molecular weight excluding hydrogens is 358 g/mol. The van der Waals surface area contributed by atoms with E-state index >= 15 is 0 Å². The van der Waals surface area contributed by atoms with Gasteiger partial charge in [0.05, 0.1) is 26.2 Å². The molecule has 1 atom stereocenters. The van der Waals surface area contributed by atoms with Crippen molar-refractivity contribution in [2.45, 2.75) is 25.8 Å². The summed E-state index contributed by atoms with van der Waals surface area (Å²) in [5, 5.41) is 3.93. The normalized spacial score (nSPS) is 16.1.